The number of nitrogens with zero attached hydrogens (tertiary/aromatic N) is 5. The molecule has 0 spiro atoms. The second-order valence-electron chi connectivity index (χ2n) is 7.84. The van der Waals surface area contributed by atoms with E-state index in [0.29, 0.717) is 43.4 Å². The first-order chi connectivity index (χ1) is 15.2. The van der Waals surface area contributed by atoms with Gasteiger partial charge in [-0.3, -0.25) is 9.59 Å². The minimum absolute atomic E-state index is 0.0949. The van der Waals surface area contributed by atoms with E-state index in [1.54, 1.807) is 0 Å². The third-order valence-corrected chi connectivity index (χ3v) is 6.82. The Morgan fingerprint density at radius 2 is 1.87 bits per heavy atom. The largest absolute Gasteiger partial charge is 0.378 e. The van der Waals surface area contributed by atoms with Crippen molar-refractivity contribution >= 4 is 17.7 Å². The standard InChI is InChI=1S/C22H25N5O3S/c28-18(25-11-13-30-14-12-25)15-31-22-23-20-19(17-9-5-2-6-10-26(17)22)21(29)27(24-20)16-7-3-1-4-8-16/h1,3-4,7-8H,2,5-6,9-15H2. The van der Waals surface area contributed by atoms with E-state index in [4.69, 9.17) is 9.72 Å². The Bertz CT molecular complexity index is 1100. The molecule has 0 atom stereocenters. The fourth-order valence-electron chi connectivity index (χ4n) is 4.24. The van der Waals surface area contributed by atoms with Crippen LogP contribution in [-0.4, -0.2) is 62.2 Å². The average Bonchev–Trinajstić information content (AvgIpc) is 2.98. The molecule has 0 unspecified atom stereocenters. The van der Waals surface area contributed by atoms with Crippen molar-refractivity contribution in [2.24, 2.45) is 0 Å². The van der Waals surface area contributed by atoms with Crippen LogP contribution < -0.4 is 5.56 Å². The summed E-state index contributed by atoms with van der Waals surface area (Å²) in [7, 11) is 0. The molecule has 0 aliphatic carbocycles. The van der Waals surface area contributed by atoms with Gasteiger partial charge in [0.15, 0.2) is 11.0 Å². The second-order valence-corrected chi connectivity index (χ2v) is 8.78. The van der Waals surface area contributed by atoms with Crippen LogP contribution in [0, 0.1) is 0 Å². The number of ether oxygens (including phenoxy) is 1. The monoisotopic (exact) mass is 439 g/mol. The Morgan fingerprint density at radius 3 is 2.68 bits per heavy atom. The Kier molecular flexibility index (Phi) is 5.78. The lowest BCUT2D eigenvalue weighted by Gasteiger charge is -2.27. The Labute approximate surface area is 184 Å². The first-order valence-corrected chi connectivity index (χ1v) is 11.8. The van der Waals surface area contributed by atoms with Gasteiger partial charge < -0.3 is 14.2 Å². The molecule has 162 valence electrons. The molecule has 9 heteroatoms. The lowest BCUT2D eigenvalue weighted by atomic mass is 10.1. The van der Waals surface area contributed by atoms with Crippen molar-refractivity contribution in [3.05, 3.63) is 46.4 Å². The van der Waals surface area contributed by atoms with Crippen molar-refractivity contribution in [2.75, 3.05) is 32.1 Å². The minimum atomic E-state index is -0.125. The van der Waals surface area contributed by atoms with Crippen molar-refractivity contribution in [2.45, 2.75) is 37.4 Å². The molecule has 8 nitrogen and oxygen atoms in total. The number of carbonyl (C=O) groups is 1. The SMILES string of the molecule is O=C(CSc1nc2nn(-c3ccccc3)c(=O)c-2c2n1CCCCC2)N1CCOCC1. The van der Waals surface area contributed by atoms with Crippen molar-refractivity contribution < 1.29 is 9.53 Å². The van der Waals surface area contributed by atoms with Crippen LogP contribution in [0.15, 0.2) is 40.3 Å². The molecule has 0 aromatic heterocycles. The molecule has 1 aromatic rings. The van der Waals surface area contributed by atoms with Crippen LogP contribution in [0.1, 0.15) is 25.0 Å². The lowest BCUT2D eigenvalue weighted by molar-refractivity contribution is -0.132. The Balaban J connectivity index is 1.52. The van der Waals surface area contributed by atoms with Gasteiger partial charge in [-0.2, -0.15) is 4.68 Å². The van der Waals surface area contributed by atoms with Crippen LogP contribution in [0.5, 0.6) is 0 Å². The van der Waals surface area contributed by atoms with Gasteiger partial charge in [0, 0.05) is 25.3 Å². The molecule has 31 heavy (non-hydrogen) atoms. The summed E-state index contributed by atoms with van der Waals surface area (Å²) in [5.41, 5.74) is 2.21. The van der Waals surface area contributed by atoms with Gasteiger partial charge in [0.05, 0.1) is 24.7 Å². The molecule has 4 aliphatic rings. The van der Waals surface area contributed by atoms with Crippen LogP contribution in [0.25, 0.3) is 17.1 Å². The van der Waals surface area contributed by atoms with Gasteiger partial charge in [-0.1, -0.05) is 36.4 Å². The highest BCUT2D eigenvalue weighted by molar-refractivity contribution is 7.99. The minimum Gasteiger partial charge on any atom is -0.378 e. The van der Waals surface area contributed by atoms with Crippen LogP contribution in [0.2, 0.25) is 0 Å². The molecule has 1 fully saturated rings. The van der Waals surface area contributed by atoms with Crippen molar-refractivity contribution in [3.8, 4) is 17.1 Å². The zero-order chi connectivity index (χ0) is 21.2. The van der Waals surface area contributed by atoms with Crippen LogP contribution in [0.3, 0.4) is 0 Å². The molecular weight excluding hydrogens is 414 g/mol. The summed E-state index contributed by atoms with van der Waals surface area (Å²) >= 11 is 1.44. The maximum absolute atomic E-state index is 13.3. The molecule has 1 saturated heterocycles. The molecule has 1 aromatic carbocycles. The summed E-state index contributed by atoms with van der Waals surface area (Å²) in [6.07, 6.45) is 4.00. The third kappa shape index (κ3) is 3.99. The number of fused-ring (bicyclic) bond motifs is 3. The van der Waals surface area contributed by atoms with Gasteiger partial charge in [0.25, 0.3) is 5.56 Å². The molecule has 1 amide bonds. The summed E-state index contributed by atoms with van der Waals surface area (Å²) in [4.78, 5) is 32.5. The molecule has 0 N–H and O–H groups in total. The number of hydrogen-bond acceptors (Lipinski definition) is 6. The predicted molar refractivity (Wildman–Crippen MR) is 118 cm³/mol. The third-order valence-electron chi connectivity index (χ3n) is 5.86. The lowest BCUT2D eigenvalue weighted by Crippen LogP contribution is -2.41. The predicted octanol–water partition coefficient (Wildman–Crippen LogP) is 2.21. The summed E-state index contributed by atoms with van der Waals surface area (Å²) in [6, 6.07) is 9.44. The van der Waals surface area contributed by atoms with Gasteiger partial charge in [-0.25, -0.2) is 4.98 Å². The van der Waals surface area contributed by atoms with E-state index in [2.05, 4.69) is 9.67 Å². The summed E-state index contributed by atoms with van der Waals surface area (Å²) in [5.74, 6) is 0.877. The number of morpholine rings is 1. The molecule has 0 bridgehead atoms. The van der Waals surface area contributed by atoms with Gasteiger partial charge in [-0.15, -0.1) is 5.10 Å². The Morgan fingerprint density at radius 1 is 1.06 bits per heavy atom. The van der Waals surface area contributed by atoms with Crippen molar-refractivity contribution in [1.82, 2.24) is 24.2 Å². The number of aromatic nitrogens is 4. The highest BCUT2D eigenvalue weighted by Gasteiger charge is 2.27. The summed E-state index contributed by atoms with van der Waals surface area (Å²) < 4.78 is 8.93. The molecule has 4 heterocycles. The smallest absolute Gasteiger partial charge is 0.284 e. The number of benzene rings is 1. The maximum Gasteiger partial charge on any atom is 0.284 e. The van der Waals surface area contributed by atoms with Gasteiger partial charge in [-0.05, 0) is 31.4 Å². The number of hydrogen-bond donors (Lipinski definition) is 0. The van der Waals surface area contributed by atoms with E-state index < -0.39 is 0 Å². The number of rotatable bonds is 4. The first-order valence-electron chi connectivity index (χ1n) is 10.8. The topological polar surface area (TPSA) is 82.2 Å². The van der Waals surface area contributed by atoms with Crippen molar-refractivity contribution in [1.29, 1.82) is 0 Å². The van der Waals surface area contributed by atoms with E-state index in [-0.39, 0.29) is 11.5 Å². The molecule has 4 aliphatic heterocycles. The zero-order valence-corrected chi connectivity index (χ0v) is 18.1. The van der Waals surface area contributed by atoms with E-state index in [9.17, 15) is 9.59 Å². The summed E-state index contributed by atoms with van der Waals surface area (Å²) in [6.45, 7) is 3.26. The summed E-state index contributed by atoms with van der Waals surface area (Å²) in [5, 5.41) is 5.32. The van der Waals surface area contributed by atoms with E-state index in [0.717, 1.165) is 48.8 Å². The molecular formula is C22H25N5O3S. The van der Waals surface area contributed by atoms with E-state index in [1.807, 2.05) is 35.2 Å². The van der Waals surface area contributed by atoms with E-state index >= 15 is 0 Å². The van der Waals surface area contributed by atoms with Gasteiger partial charge >= 0.3 is 0 Å². The zero-order valence-electron chi connectivity index (χ0n) is 17.3. The Hall–Kier alpha value is -2.65. The fourth-order valence-corrected chi connectivity index (χ4v) is 5.18. The second kappa shape index (κ2) is 8.84. The van der Waals surface area contributed by atoms with Crippen LogP contribution >= 0.6 is 11.8 Å². The van der Waals surface area contributed by atoms with Gasteiger partial charge in [0.1, 0.15) is 5.56 Å². The van der Waals surface area contributed by atoms with Crippen molar-refractivity contribution in [3.63, 3.8) is 0 Å². The normalized spacial score (nSPS) is 16.8. The molecule has 0 saturated carbocycles. The number of thioether (sulfide) groups is 1. The molecule has 0 radical (unpaired) electrons. The number of amides is 1. The van der Waals surface area contributed by atoms with Crippen LogP contribution in [-0.2, 0) is 22.5 Å². The average molecular weight is 440 g/mol. The fraction of sp³-hybridized carbons (Fsp3) is 0.455. The highest BCUT2D eigenvalue weighted by Crippen LogP contribution is 2.30. The number of carbonyl (C=O) groups excluding carboxylic acids is 1. The molecule has 5 rings (SSSR count). The van der Waals surface area contributed by atoms with Gasteiger partial charge in [0.2, 0.25) is 5.91 Å². The quantitative estimate of drug-likeness (QED) is 0.458. The number of para-hydroxylation sites is 1. The highest BCUT2D eigenvalue weighted by atomic mass is 32.2. The van der Waals surface area contributed by atoms with E-state index in [1.165, 1.54) is 16.4 Å². The first kappa shape index (κ1) is 20.3. The van der Waals surface area contributed by atoms with Crippen LogP contribution in [0.4, 0.5) is 0 Å². The maximum atomic E-state index is 13.3.